The van der Waals surface area contributed by atoms with Crippen LogP contribution in [0.25, 0.3) is 20.5 Å². The molecule has 1 aromatic heterocycles. The summed E-state index contributed by atoms with van der Waals surface area (Å²) in [4.78, 5) is 36.2. The first-order chi connectivity index (χ1) is 21.1. The van der Waals surface area contributed by atoms with Crippen molar-refractivity contribution in [2.45, 2.75) is 25.8 Å². The number of aliphatic hydroxyl groups is 1. The topological polar surface area (TPSA) is 146 Å². The number of amides is 1. The van der Waals surface area contributed by atoms with E-state index in [2.05, 4.69) is 39.7 Å². The molecule has 10 nitrogen and oxygen atoms in total. The standard InChI is InChI=1S/C30H30N2O5S.C3H4O3/c1-36-26-16-19(5-6-21(26)18-32-13-3-4-14-32)15-25-24-12-11-23(33)17-27(24)38-28(25)20-7-9-22(10-8-20)31-29(34)30(35)37-2;1-2(4)3(5)6/h5-12,16-17,33H,3-4,13-15,18H2,1-2H3,(H,31,34);4H,1H2,(H,5,6). The molecule has 0 unspecified atom stereocenters. The highest BCUT2D eigenvalue weighted by molar-refractivity contribution is 7.22. The molecule has 2 heterocycles. The number of aliphatic hydroxyl groups excluding tert-OH is 1. The van der Waals surface area contributed by atoms with Crippen LogP contribution in [0.4, 0.5) is 5.69 Å². The van der Waals surface area contributed by atoms with Crippen LogP contribution in [0.5, 0.6) is 11.5 Å². The Hall–Kier alpha value is -4.87. The summed E-state index contributed by atoms with van der Waals surface area (Å²) in [5.41, 5.74) is 4.98. The molecule has 1 aliphatic rings. The number of carbonyl (C=O) groups excluding carboxylic acids is 2. The van der Waals surface area contributed by atoms with E-state index in [1.54, 1.807) is 42.7 Å². The number of likely N-dealkylation sites (tertiary alicyclic amines) is 1. The smallest absolute Gasteiger partial charge is 0.396 e. The van der Waals surface area contributed by atoms with Gasteiger partial charge in [0.1, 0.15) is 11.5 Å². The maximum absolute atomic E-state index is 11.9. The van der Waals surface area contributed by atoms with Crippen molar-refractivity contribution in [1.29, 1.82) is 0 Å². The van der Waals surface area contributed by atoms with E-state index in [0.29, 0.717) is 12.1 Å². The number of nitrogens with one attached hydrogen (secondary N) is 1. The van der Waals surface area contributed by atoms with Crippen molar-refractivity contribution < 1.29 is 39.2 Å². The van der Waals surface area contributed by atoms with Crippen LogP contribution in [0.2, 0.25) is 0 Å². The average Bonchev–Trinajstić information content (AvgIpc) is 3.65. The molecule has 0 atom stereocenters. The van der Waals surface area contributed by atoms with Gasteiger partial charge in [0.2, 0.25) is 0 Å². The third kappa shape index (κ3) is 7.94. The van der Waals surface area contributed by atoms with Crippen LogP contribution in [-0.4, -0.2) is 65.4 Å². The summed E-state index contributed by atoms with van der Waals surface area (Å²) in [5.74, 6) is -2.84. The summed E-state index contributed by atoms with van der Waals surface area (Å²) in [5, 5.41) is 29.2. The van der Waals surface area contributed by atoms with Crippen LogP contribution in [0.15, 0.2) is 73.0 Å². The number of thiophene rings is 1. The van der Waals surface area contributed by atoms with Crippen molar-refractivity contribution in [2.75, 3.05) is 32.6 Å². The normalized spacial score (nSPS) is 12.7. The number of phenols is 1. The molecular weight excluding hydrogens is 584 g/mol. The number of carboxylic acid groups (broad SMARTS) is 1. The van der Waals surface area contributed by atoms with E-state index in [-0.39, 0.29) is 5.75 Å². The molecule has 5 rings (SSSR count). The largest absolute Gasteiger partial charge is 0.508 e. The maximum atomic E-state index is 11.9. The number of methoxy groups -OCH3 is 2. The van der Waals surface area contributed by atoms with Gasteiger partial charge in [0.05, 0.1) is 14.2 Å². The lowest BCUT2D eigenvalue weighted by atomic mass is 9.97. The van der Waals surface area contributed by atoms with Crippen LogP contribution >= 0.6 is 11.3 Å². The van der Waals surface area contributed by atoms with Gasteiger partial charge in [-0.05, 0) is 97.4 Å². The van der Waals surface area contributed by atoms with Gasteiger partial charge in [-0.1, -0.05) is 24.3 Å². The number of rotatable bonds is 8. The van der Waals surface area contributed by atoms with E-state index in [1.165, 1.54) is 25.5 Å². The van der Waals surface area contributed by atoms with Crippen LogP contribution in [-0.2, 0) is 32.1 Å². The number of hydrogen-bond donors (Lipinski definition) is 4. The first kappa shape index (κ1) is 32.1. The summed E-state index contributed by atoms with van der Waals surface area (Å²) in [6.45, 7) is 5.87. The number of ether oxygens (including phenoxy) is 2. The van der Waals surface area contributed by atoms with E-state index in [9.17, 15) is 19.5 Å². The zero-order valence-corrected chi connectivity index (χ0v) is 25.3. The summed E-state index contributed by atoms with van der Waals surface area (Å²) in [7, 11) is 2.89. The van der Waals surface area contributed by atoms with Crippen LogP contribution in [0, 0.1) is 0 Å². The second kappa shape index (κ2) is 14.5. The lowest BCUT2D eigenvalue weighted by Crippen LogP contribution is -2.23. The molecule has 11 heteroatoms. The molecule has 1 fully saturated rings. The van der Waals surface area contributed by atoms with Crippen molar-refractivity contribution in [3.8, 4) is 21.9 Å². The van der Waals surface area contributed by atoms with E-state index in [1.807, 2.05) is 18.2 Å². The quantitative estimate of drug-likeness (QED) is 0.0843. The third-order valence-corrected chi connectivity index (χ3v) is 8.37. The molecular formula is C33H34N2O8S. The average molecular weight is 619 g/mol. The number of phenolic OH excluding ortho intramolecular Hbond substituents is 1. The predicted octanol–water partition coefficient (Wildman–Crippen LogP) is 5.72. The first-order valence-corrected chi connectivity index (χ1v) is 14.6. The van der Waals surface area contributed by atoms with Gasteiger partial charge >= 0.3 is 17.8 Å². The fourth-order valence-corrected chi connectivity index (χ4v) is 6.20. The molecule has 4 aromatic rings. The van der Waals surface area contributed by atoms with Gasteiger partial charge in [-0.25, -0.2) is 9.59 Å². The molecule has 0 bridgehead atoms. The van der Waals surface area contributed by atoms with Crippen LogP contribution in [0.3, 0.4) is 0 Å². The van der Waals surface area contributed by atoms with Gasteiger partial charge in [-0.3, -0.25) is 9.69 Å². The number of anilines is 1. The molecule has 230 valence electrons. The van der Waals surface area contributed by atoms with Crippen LogP contribution < -0.4 is 10.1 Å². The van der Waals surface area contributed by atoms with Crippen molar-refractivity contribution in [3.63, 3.8) is 0 Å². The third-order valence-electron chi connectivity index (χ3n) is 7.12. The molecule has 1 saturated heterocycles. The molecule has 0 spiro atoms. The Morgan fingerprint density at radius 2 is 1.66 bits per heavy atom. The van der Waals surface area contributed by atoms with E-state index in [4.69, 9.17) is 14.9 Å². The zero-order valence-electron chi connectivity index (χ0n) is 24.5. The molecule has 44 heavy (non-hydrogen) atoms. The molecule has 1 amide bonds. The van der Waals surface area contributed by atoms with Crippen molar-refractivity contribution in [2.24, 2.45) is 0 Å². The summed E-state index contributed by atoms with van der Waals surface area (Å²) >= 11 is 1.61. The molecule has 3 aromatic carbocycles. The highest BCUT2D eigenvalue weighted by Crippen LogP contribution is 2.41. The predicted molar refractivity (Wildman–Crippen MR) is 169 cm³/mol. The fourth-order valence-electron chi connectivity index (χ4n) is 4.94. The molecule has 0 radical (unpaired) electrons. The Bertz CT molecular complexity index is 1660. The van der Waals surface area contributed by atoms with E-state index >= 15 is 0 Å². The second-order valence-corrected chi connectivity index (χ2v) is 11.2. The second-order valence-electron chi connectivity index (χ2n) is 10.2. The van der Waals surface area contributed by atoms with Gasteiger partial charge in [0.15, 0.2) is 5.76 Å². The van der Waals surface area contributed by atoms with Crippen molar-refractivity contribution >= 4 is 45.0 Å². The van der Waals surface area contributed by atoms with Gasteiger partial charge in [-0.15, -0.1) is 11.3 Å². The van der Waals surface area contributed by atoms with E-state index in [0.717, 1.165) is 57.0 Å². The molecule has 4 N–H and O–H groups in total. The Balaban J connectivity index is 0.000000670. The first-order valence-electron chi connectivity index (χ1n) is 13.8. The maximum Gasteiger partial charge on any atom is 0.396 e. The number of fused-ring (bicyclic) bond motifs is 1. The number of benzene rings is 3. The summed E-state index contributed by atoms with van der Waals surface area (Å²) in [6, 6.07) is 19.3. The summed E-state index contributed by atoms with van der Waals surface area (Å²) in [6.07, 6.45) is 3.20. The SMILES string of the molecule is C=C(O)C(=O)O.COC(=O)C(=O)Nc1ccc(-c2sc3cc(O)ccc3c2Cc2ccc(CN3CCCC3)c(OC)c2)cc1. The molecule has 0 saturated carbocycles. The number of aromatic hydroxyl groups is 1. The number of carbonyl (C=O) groups is 3. The highest BCUT2D eigenvalue weighted by Gasteiger charge is 2.19. The number of aliphatic carboxylic acids is 1. The Morgan fingerprint density at radius 1 is 0.977 bits per heavy atom. The van der Waals surface area contributed by atoms with Crippen molar-refractivity contribution in [3.05, 3.63) is 89.7 Å². The van der Waals surface area contributed by atoms with Crippen LogP contribution in [0.1, 0.15) is 29.5 Å². The Kier molecular flexibility index (Phi) is 10.6. The Morgan fingerprint density at radius 3 is 2.27 bits per heavy atom. The minimum atomic E-state index is -1.38. The number of carboxylic acids is 1. The van der Waals surface area contributed by atoms with Crippen molar-refractivity contribution in [1.82, 2.24) is 4.90 Å². The highest BCUT2D eigenvalue weighted by atomic mass is 32.1. The van der Waals surface area contributed by atoms with Gasteiger partial charge in [0, 0.05) is 27.4 Å². The van der Waals surface area contributed by atoms with Gasteiger partial charge in [0.25, 0.3) is 0 Å². The minimum absolute atomic E-state index is 0.227. The number of nitrogens with zero attached hydrogens (tertiary/aromatic N) is 1. The Labute approximate surface area is 258 Å². The fraction of sp³-hybridized carbons (Fsp3) is 0.242. The van der Waals surface area contributed by atoms with E-state index < -0.39 is 23.6 Å². The minimum Gasteiger partial charge on any atom is -0.508 e. The monoisotopic (exact) mass is 618 g/mol. The lowest BCUT2D eigenvalue weighted by molar-refractivity contribution is -0.150. The zero-order chi connectivity index (χ0) is 31.8. The molecule has 0 aliphatic carbocycles. The van der Waals surface area contributed by atoms with Gasteiger partial charge < -0.3 is 30.1 Å². The lowest BCUT2D eigenvalue weighted by Gasteiger charge is -2.18. The summed E-state index contributed by atoms with van der Waals surface area (Å²) < 4.78 is 11.2. The number of hydrogen-bond acceptors (Lipinski definition) is 9. The van der Waals surface area contributed by atoms with Gasteiger partial charge in [-0.2, -0.15) is 0 Å². The molecule has 1 aliphatic heterocycles. The number of esters is 1.